The lowest BCUT2D eigenvalue weighted by Gasteiger charge is -2.20. The van der Waals surface area contributed by atoms with Crippen molar-refractivity contribution in [2.45, 2.75) is 44.8 Å². The highest BCUT2D eigenvalue weighted by molar-refractivity contribution is 6.00. The third kappa shape index (κ3) is 5.99. The van der Waals surface area contributed by atoms with Crippen LogP contribution in [0.3, 0.4) is 0 Å². The number of nitrogens with zero attached hydrogens (tertiary/aromatic N) is 3. The summed E-state index contributed by atoms with van der Waals surface area (Å²) in [6.07, 6.45) is 3.13. The number of para-hydroxylation sites is 1. The highest BCUT2D eigenvalue weighted by atomic mass is 16.6. The summed E-state index contributed by atoms with van der Waals surface area (Å²) in [5, 5.41) is 13.2. The predicted molar refractivity (Wildman–Crippen MR) is 168 cm³/mol. The molecule has 6 rings (SSSR count). The number of ether oxygens (including phenoxy) is 2. The molecular formula is C35H32N4O6. The molecular weight excluding hydrogens is 572 g/mol. The maximum Gasteiger partial charge on any atom is 0.419 e. The smallest absolute Gasteiger partial charge is 0.419 e. The topological polar surface area (TPSA) is 133 Å². The number of hydrogen-bond acceptors (Lipinski definition) is 7. The number of carbonyl (C=O) groups is 3. The van der Waals surface area contributed by atoms with Crippen LogP contribution < -0.4 is 5.32 Å². The zero-order valence-corrected chi connectivity index (χ0v) is 25.1. The van der Waals surface area contributed by atoms with Gasteiger partial charge >= 0.3 is 18.2 Å². The van der Waals surface area contributed by atoms with Crippen LogP contribution in [0.1, 0.15) is 43.4 Å². The average Bonchev–Trinajstić information content (AvgIpc) is 3.55. The fourth-order valence-corrected chi connectivity index (χ4v) is 5.79. The molecule has 1 aliphatic rings. The number of aromatic nitrogens is 3. The Balaban J connectivity index is 1.26. The molecule has 5 aromatic rings. The Kier molecular flexibility index (Phi) is 7.80. The van der Waals surface area contributed by atoms with Crippen LogP contribution in [0.25, 0.3) is 33.4 Å². The van der Waals surface area contributed by atoms with E-state index in [9.17, 15) is 19.5 Å². The Hall–Kier alpha value is -5.51. The Labute approximate surface area is 259 Å². The quantitative estimate of drug-likeness (QED) is 0.218. The van der Waals surface area contributed by atoms with Crippen LogP contribution in [0.15, 0.2) is 91.4 Å². The second kappa shape index (κ2) is 11.9. The minimum absolute atomic E-state index is 0.0462. The van der Waals surface area contributed by atoms with Crippen LogP contribution in [-0.2, 0) is 20.7 Å². The van der Waals surface area contributed by atoms with Gasteiger partial charge in [-0.2, -0.15) is 0 Å². The van der Waals surface area contributed by atoms with Gasteiger partial charge in [0.15, 0.2) is 5.82 Å². The molecule has 1 aliphatic carbocycles. The van der Waals surface area contributed by atoms with E-state index in [1.165, 1.54) is 4.57 Å². The highest BCUT2D eigenvalue weighted by Crippen LogP contribution is 2.44. The highest BCUT2D eigenvalue weighted by Gasteiger charge is 2.31. The predicted octanol–water partition coefficient (Wildman–Crippen LogP) is 6.42. The second-order valence-corrected chi connectivity index (χ2v) is 11.8. The summed E-state index contributed by atoms with van der Waals surface area (Å²) < 4.78 is 12.6. The first kappa shape index (κ1) is 29.6. The minimum atomic E-state index is -1.34. The van der Waals surface area contributed by atoms with Gasteiger partial charge in [0.05, 0.1) is 5.52 Å². The van der Waals surface area contributed by atoms with Crippen molar-refractivity contribution in [3.8, 4) is 22.5 Å². The number of carboxylic acid groups (broad SMARTS) is 1. The number of hydrogen-bond donors (Lipinski definition) is 2. The molecule has 10 heteroatoms. The van der Waals surface area contributed by atoms with Crippen molar-refractivity contribution in [2.75, 3.05) is 6.61 Å². The summed E-state index contributed by atoms with van der Waals surface area (Å²) in [5.41, 5.74) is 5.06. The summed E-state index contributed by atoms with van der Waals surface area (Å²) in [6.45, 7) is 5.33. The van der Waals surface area contributed by atoms with Gasteiger partial charge in [0.25, 0.3) is 0 Å². The summed E-state index contributed by atoms with van der Waals surface area (Å²) >= 11 is 0. The number of rotatable bonds is 7. The lowest BCUT2D eigenvalue weighted by molar-refractivity contribution is -0.139. The summed E-state index contributed by atoms with van der Waals surface area (Å²) in [5.74, 6) is -1.02. The molecule has 0 bridgehead atoms. The first-order chi connectivity index (χ1) is 21.6. The van der Waals surface area contributed by atoms with Crippen molar-refractivity contribution in [1.29, 1.82) is 0 Å². The largest absolute Gasteiger partial charge is 0.480 e. The SMILES string of the molecule is CC(C)(C)OC(=O)n1cc(C[C@H](NC(=O)OCC2c3ccccc3-c3ccccc32)C(=O)O)c2cccc(-c3ncccn3)c21. The number of carbonyl (C=O) groups excluding carboxylic acids is 2. The van der Waals surface area contributed by atoms with Gasteiger partial charge in [0.1, 0.15) is 18.2 Å². The number of alkyl carbamates (subject to hydrolysis) is 1. The van der Waals surface area contributed by atoms with Crippen molar-refractivity contribution < 1.29 is 29.0 Å². The maximum atomic E-state index is 13.3. The average molecular weight is 605 g/mol. The Morgan fingerprint density at radius 1 is 0.889 bits per heavy atom. The van der Waals surface area contributed by atoms with E-state index in [0.717, 1.165) is 22.3 Å². The van der Waals surface area contributed by atoms with Crippen molar-refractivity contribution in [3.05, 3.63) is 108 Å². The summed E-state index contributed by atoms with van der Waals surface area (Å²) in [6, 6.07) is 21.6. The van der Waals surface area contributed by atoms with E-state index >= 15 is 0 Å². The number of nitrogens with one attached hydrogen (secondary N) is 1. The third-order valence-corrected chi connectivity index (χ3v) is 7.66. The molecule has 0 fully saturated rings. The molecule has 0 saturated heterocycles. The van der Waals surface area contributed by atoms with Crippen LogP contribution in [0, 0.1) is 0 Å². The van der Waals surface area contributed by atoms with E-state index in [2.05, 4.69) is 15.3 Å². The van der Waals surface area contributed by atoms with Crippen LogP contribution in [0.2, 0.25) is 0 Å². The number of benzene rings is 3. The third-order valence-electron chi connectivity index (χ3n) is 7.66. The Bertz CT molecular complexity index is 1870. The van der Waals surface area contributed by atoms with Crippen LogP contribution >= 0.6 is 0 Å². The lowest BCUT2D eigenvalue weighted by atomic mass is 9.98. The van der Waals surface area contributed by atoms with Gasteiger partial charge in [-0.1, -0.05) is 60.7 Å². The number of carboxylic acids is 1. The summed E-state index contributed by atoms with van der Waals surface area (Å²) in [7, 11) is 0. The number of aliphatic carboxylic acids is 1. The normalized spacial score (nSPS) is 13.1. The van der Waals surface area contributed by atoms with Crippen LogP contribution in [0.5, 0.6) is 0 Å². The first-order valence-corrected chi connectivity index (χ1v) is 14.6. The van der Waals surface area contributed by atoms with Crippen molar-refractivity contribution in [2.24, 2.45) is 0 Å². The molecule has 2 N–H and O–H groups in total. The molecule has 0 unspecified atom stereocenters. The van der Waals surface area contributed by atoms with Crippen LogP contribution in [-0.4, -0.2) is 56.0 Å². The van der Waals surface area contributed by atoms with E-state index in [1.807, 2.05) is 48.5 Å². The molecule has 0 radical (unpaired) electrons. The first-order valence-electron chi connectivity index (χ1n) is 14.6. The van der Waals surface area contributed by atoms with Gasteiger partial charge in [-0.05, 0) is 60.7 Å². The maximum absolute atomic E-state index is 13.3. The molecule has 2 aromatic heterocycles. The molecule has 3 aromatic carbocycles. The standard InChI is InChI=1S/C35H32N4O6/c1-35(2,3)45-34(43)39-19-21(22-14-8-15-27(30(22)39)31-36-16-9-17-37-31)18-29(32(40)41)38-33(42)44-20-28-25-12-6-4-10-23(25)24-11-5-7-13-26(24)28/h4-17,19,28-29H,18,20H2,1-3H3,(H,38,42)(H,40,41)/t29-/m0/s1. The van der Waals surface area contributed by atoms with E-state index in [4.69, 9.17) is 9.47 Å². The van der Waals surface area contributed by atoms with Gasteiger partial charge in [-0.3, -0.25) is 4.57 Å². The fraction of sp³-hybridized carbons (Fsp3) is 0.229. The molecule has 228 valence electrons. The van der Waals surface area contributed by atoms with Gasteiger partial charge in [0.2, 0.25) is 0 Å². The lowest BCUT2D eigenvalue weighted by Crippen LogP contribution is -2.42. The minimum Gasteiger partial charge on any atom is -0.480 e. The van der Waals surface area contributed by atoms with Gasteiger partial charge in [0, 0.05) is 41.9 Å². The van der Waals surface area contributed by atoms with E-state index < -0.39 is 29.8 Å². The molecule has 0 aliphatic heterocycles. The molecule has 1 atom stereocenters. The molecule has 0 saturated carbocycles. The monoisotopic (exact) mass is 604 g/mol. The second-order valence-electron chi connectivity index (χ2n) is 11.8. The molecule has 0 spiro atoms. The number of amides is 1. The van der Waals surface area contributed by atoms with Crippen molar-refractivity contribution in [1.82, 2.24) is 19.9 Å². The van der Waals surface area contributed by atoms with Crippen molar-refractivity contribution >= 4 is 29.1 Å². The van der Waals surface area contributed by atoms with E-state index in [0.29, 0.717) is 27.9 Å². The molecule has 45 heavy (non-hydrogen) atoms. The molecule has 2 heterocycles. The van der Waals surface area contributed by atoms with Gasteiger partial charge in [-0.25, -0.2) is 24.4 Å². The molecule has 1 amide bonds. The Morgan fingerprint density at radius 2 is 1.51 bits per heavy atom. The summed E-state index contributed by atoms with van der Waals surface area (Å²) in [4.78, 5) is 47.4. The number of fused-ring (bicyclic) bond motifs is 4. The van der Waals surface area contributed by atoms with Crippen LogP contribution in [0.4, 0.5) is 9.59 Å². The van der Waals surface area contributed by atoms with E-state index in [-0.39, 0.29) is 18.9 Å². The van der Waals surface area contributed by atoms with Crippen molar-refractivity contribution in [3.63, 3.8) is 0 Å². The van der Waals surface area contributed by atoms with Gasteiger partial charge < -0.3 is 19.9 Å². The van der Waals surface area contributed by atoms with Gasteiger partial charge in [-0.15, -0.1) is 0 Å². The molecule has 10 nitrogen and oxygen atoms in total. The fourth-order valence-electron chi connectivity index (χ4n) is 5.79. The van der Waals surface area contributed by atoms with E-state index in [1.54, 1.807) is 63.6 Å². The zero-order chi connectivity index (χ0) is 31.7. The Morgan fingerprint density at radius 3 is 2.13 bits per heavy atom. The zero-order valence-electron chi connectivity index (χ0n) is 25.1.